The van der Waals surface area contributed by atoms with Crippen LogP contribution in [-0.2, 0) is 12.0 Å². The van der Waals surface area contributed by atoms with Gasteiger partial charge in [-0.05, 0) is 59.2 Å². The van der Waals surface area contributed by atoms with E-state index in [1.165, 1.54) is 18.5 Å². The van der Waals surface area contributed by atoms with Gasteiger partial charge in [-0.3, -0.25) is 9.59 Å². The lowest BCUT2D eigenvalue weighted by Gasteiger charge is -2.19. The molecule has 0 radical (unpaired) electrons. The van der Waals surface area contributed by atoms with Crippen LogP contribution in [0.5, 0.6) is 0 Å². The number of aryl methyl sites for hydroxylation is 1. The molecule has 1 aliphatic carbocycles. The number of hydrogen-bond donors (Lipinski definition) is 2. The van der Waals surface area contributed by atoms with Gasteiger partial charge in [0.05, 0.1) is 17.7 Å². The zero-order valence-corrected chi connectivity index (χ0v) is 19.1. The fourth-order valence-corrected chi connectivity index (χ4v) is 4.30. The topological polar surface area (TPSA) is 108 Å². The van der Waals surface area contributed by atoms with Crippen molar-refractivity contribution in [2.75, 3.05) is 0 Å². The third-order valence-electron chi connectivity index (χ3n) is 6.11. The van der Waals surface area contributed by atoms with Crippen LogP contribution in [0.2, 0.25) is 0 Å². The Morgan fingerprint density at radius 3 is 2.56 bits per heavy atom. The first-order valence-electron chi connectivity index (χ1n) is 10.9. The quantitative estimate of drug-likeness (QED) is 0.605. The molecule has 1 aromatic heterocycles. The number of halogens is 1. The maximum Gasteiger partial charge on any atom is 0.270 e. The largest absolute Gasteiger partial charge is 0.347 e. The number of nitriles is 1. The third kappa shape index (κ3) is 4.64. The van der Waals surface area contributed by atoms with Crippen LogP contribution in [0.4, 0.5) is 4.39 Å². The van der Waals surface area contributed by atoms with Crippen LogP contribution < -0.4 is 10.6 Å². The van der Waals surface area contributed by atoms with Crippen LogP contribution in [0.15, 0.2) is 48.8 Å². The summed E-state index contributed by atoms with van der Waals surface area (Å²) in [5, 5.41) is 14.9. The molecule has 7 nitrogen and oxygen atoms in total. The van der Waals surface area contributed by atoms with Gasteiger partial charge in [0.15, 0.2) is 0 Å². The minimum atomic E-state index is -0.463. The van der Waals surface area contributed by atoms with Crippen molar-refractivity contribution in [1.29, 1.82) is 5.26 Å². The summed E-state index contributed by atoms with van der Waals surface area (Å²) >= 11 is 0. The smallest absolute Gasteiger partial charge is 0.270 e. The molecule has 0 saturated carbocycles. The van der Waals surface area contributed by atoms with Crippen molar-refractivity contribution in [2.24, 2.45) is 0 Å². The van der Waals surface area contributed by atoms with Crippen LogP contribution in [0.3, 0.4) is 0 Å². The number of rotatable bonds is 5. The zero-order chi connectivity index (χ0) is 24.5. The third-order valence-corrected chi connectivity index (χ3v) is 6.11. The van der Waals surface area contributed by atoms with Crippen molar-refractivity contribution in [3.63, 3.8) is 0 Å². The second-order valence-corrected chi connectivity index (χ2v) is 9.08. The summed E-state index contributed by atoms with van der Waals surface area (Å²) in [5.41, 5.74) is 3.78. The Kier molecular flexibility index (Phi) is 6.12. The van der Waals surface area contributed by atoms with E-state index >= 15 is 0 Å². The highest BCUT2D eigenvalue weighted by molar-refractivity contribution is 5.97. The monoisotopic (exact) mass is 457 g/mol. The Morgan fingerprint density at radius 1 is 1.12 bits per heavy atom. The van der Waals surface area contributed by atoms with E-state index < -0.39 is 11.8 Å². The number of carbonyl (C=O) groups is 2. The fourth-order valence-electron chi connectivity index (χ4n) is 4.30. The molecule has 8 heteroatoms. The van der Waals surface area contributed by atoms with Crippen LogP contribution in [-0.4, -0.2) is 21.8 Å². The van der Waals surface area contributed by atoms with Gasteiger partial charge in [0, 0.05) is 12.6 Å². The Balaban J connectivity index is 1.46. The van der Waals surface area contributed by atoms with Gasteiger partial charge in [-0.2, -0.15) is 5.26 Å². The molecule has 2 aromatic carbocycles. The molecule has 4 rings (SSSR count). The first-order chi connectivity index (χ1) is 16.2. The minimum absolute atomic E-state index is 0.0600. The second kappa shape index (κ2) is 9.02. The molecule has 1 aliphatic rings. The normalized spacial score (nSPS) is 15.8. The number of benzene rings is 2. The summed E-state index contributed by atoms with van der Waals surface area (Å²) in [7, 11) is 0. The van der Waals surface area contributed by atoms with Crippen molar-refractivity contribution in [3.05, 3.63) is 93.8 Å². The van der Waals surface area contributed by atoms with Crippen molar-refractivity contribution in [2.45, 2.75) is 45.2 Å². The number of nitrogens with one attached hydrogen (secondary N) is 2. The summed E-state index contributed by atoms with van der Waals surface area (Å²) in [6.45, 7) is 6.01. The molecule has 2 amide bonds. The Hall–Kier alpha value is -4.12. The number of carbonyl (C=O) groups excluding carboxylic acids is 2. The molecular formula is C26H24FN5O2. The number of nitrogens with zero attached hydrogens (tertiary/aromatic N) is 3. The maximum atomic E-state index is 13.4. The SMILES string of the molecule is Cc1cc(CNC(=O)c2cc(C(=O)N[C@H]3CC(C)(C)c4cc(C#N)ccc43)ncn2)ccc1F. The van der Waals surface area contributed by atoms with E-state index in [9.17, 15) is 19.2 Å². The molecule has 1 heterocycles. The van der Waals surface area contributed by atoms with Gasteiger partial charge in [0.1, 0.15) is 23.5 Å². The fraction of sp³-hybridized carbons (Fsp3) is 0.269. The number of amides is 2. The lowest BCUT2D eigenvalue weighted by Crippen LogP contribution is -2.30. The van der Waals surface area contributed by atoms with E-state index in [0.29, 0.717) is 17.5 Å². The van der Waals surface area contributed by atoms with E-state index in [4.69, 9.17) is 0 Å². The molecule has 0 fully saturated rings. The Labute approximate surface area is 197 Å². The number of hydrogen-bond acceptors (Lipinski definition) is 5. The molecule has 1 atom stereocenters. The summed E-state index contributed by atoms with van der Waals surface area (Å²) in [6.07, 6.45) is 1.86. The van der Waals surface area contributed by atoms with Crippen LogP contribution in [0.1, 0.15) is 75.1 Å². The summed E-state index contributed by atoms with van der Waals surface area (Å²) in [6, 6.07) is 13.4. The molecule has 2 N–H and O–H groups in total. The van der Waals surface area contributed by atoms with Gasteiger partial charge in [-0.25, -0.2) is 14.4 Å². The number of aromatic nitrogens is 2. The highest BCUT2D eigenvalue weighted by Crippen LogP contribution is 2.44. The molecule has 34 heavy (non-hydrogen) atoms. The highest BCUT2D eigenvalue weighted by atomic mass is 19.1. The summed E-state index contributed by atoms with van der Waals surface area (Å²) in [4.78, 5) is 33.5. The molecule has 3 aromatic rings. The van der Waals surface area contributed by atoms with Gasteiger partial charge in [-0.1, -0.05) is 32.0 Å². The van der Waals surface area contributed by atoms with Gasteiger partial charge in [-0.15, -0.1) is 0 Å². The van der Waals surface area contributed by atoms with E-state index in [1.807, 2.05) is 12.1 Å². The Bertz CT molecular complexity index is 1330. The predicted octanol–water partition coefficient (Wildman–Crippen LogP) is 3.88. The van der Waals surface area contributed by atoms with Crippen LogP contribution in [0, 0.1) is 24.1 Å². The molecule has 0 saturated heterocycles. The summed E-state index contributed by atoms with van der Waals surface area (Å²) < 4.78 is 13.4. The van der Waals surface area contributed by atoms with E-state index in [0.717, 1.165) is 16.7 Å². The van der Waals surface area contributed by atoms with Crippen LogP contribution >= 0.6 is 0 Å². The predicted molar refractivity (Wildman–Crippen MR) is 123 cm³/mol. The van der Waals surface area contributed by atoms with Crippen molar-refractivity contribution >= 4 is 11.8 Å². The van der Waals surface area contributed by atoms with E-state index in [-0.39, 0.29) is 35.2 Å². The second-order valence-electron chi connectivity index (χ2n) is 9.08. The maximum absolute atomic E-state index is 13.4. The summed E-state index contributed by atoms with van der Waals surface area (Å²) in [5.74, 6) is -1.18. The highest BCUT2D eigenvalue weighted by Gasteiger charge is 2.38. The first-order valence-corrected chi connectivity index (χ1v) is 10.9. The van der Waals surface area contributed by atoms with Gasteiger partial charge >= 0.3 is 0 Å². The van der Waals surface area contributed by atoms with Gasteiger partial charge in [0.2, 0.25) is 0 Å². The average molecular weight is 458 g/mol. The lowest BCUT2D eigenvalue weighted by molar-refractivity contribution is 0.0929. The van der Waals surface area contributed by atoms with Gasteiger partial charge in [0.25, 0.3) is 11.8 Å². The molecule has 0 aliphatic heterocycles. The molecular weight excluding hydrogens is 433 g/mol. The zero-order valence-electron chi connectivity index (χ0n) is 19.1. The lowest BCUT2D eigenvalue weighted by atomic mass is 9.86. The van der Waals surface area contributed by atoms with Crippen molar-refractivity contribution in [3.8, 4) is 6.07 Å². The first kappa shape index (κ1) is 23.1. The van der Waals surface area contributed by atoms with E-state index in [2.05, 4.69) is 40.5 Å². The van der Waals surface area contributed by atoms with Crippen molar-refractivity contribution < 1.29 is 14.0 Å². The molecule has 0 bridgehead atoms. The number of fused-ring (bicyclic) bond motifs is 1. The Morgan fingerprint density at radius 2 is 1.85 bits per heavy atom. The van der Waals surface area contributed by atoms with Gasteiger partial charge < -0.3 is 10.6 Å². The average Bonchev–Trinajstić information content (AvgIpc) is 3.08. The van der Waals surface area contributed by atoms with E-state index in [1.54, 1.807) is 25.1 Å². The molecule has 172 valence electrons. The minimum Gasteiger partial charge on any atom is -0.347 e. The molecule has 0 spiro atoms. The standard InChI is InChI=1S/C26H24FN5O2/c1-15-8-17(5-7-20(15)27)13-29-24(33)21-10-22(31-14-30-21)25(34)32-23-11-26(2,3)19-9-16(12-28)4-6-18(19)23/h4-10,14,23H,11,13H2,1-3H3,(H,29,33)(H,32,34)/t23-/m0/s1. The van der Waals surface area contributed by atoms with Crippen molar-refractivity contribution in [1.82, 2.24) is 20.6 Å². The molecule has 0 unspecified atom stereocenters. The van der Waals surface area contributed by atoms with Crippen LogP contribution in [0.25, 0.3) is 0 Å².